The molecule has 0 aliphatic carbocycles. The fourth-order valence-corrected chi connectivity index (χ4v) is 3.23. The lowest BCUT2D eigenvalue weighted by Gasteiger charge is -2.00. The predicted molar refractivity (Wildman–Crippen MR) is 83.2 cm³/mol. The van der Waals surface area contributed by atoms with Crippen LogP contribution < -0.4 is 4.74 Å². The molecule has 0 aliphatic rings. The molecule has 1 aromatic carbocycles. The first-order valence-corrected chi connectivity index (χ1v) is 7.93. The largest absolute Gasteiger partial charge is 0.486 e. The van der Waals surface area contributed by atoms with Crippen LogP contribution in [-0.2, 0) is 6.61 Å². The second-order valence-electron chi connectivity index (χ2n) is 4.25. The Labute approximate surface area is 129 Å². The maximum atomic E-state index is 10.8. The summed E-state index contributed by atoms with van der Waals surface area (Å²) in [6, 6.07) is 11.5. The van der Waals surface area contributed by atoms with E-state index in [-0.39, 0.29) is 4.88 Å². The van der Waals surface area contributed by atoms with E-state index in [2.05, 4.69) is 4.98 Å². The van der Waals surface area contributed by atoms with Gasteiger partial charge in [-0.15, -0.1) is 22.7 Å². The van der Waals surface area contributed by atoms with Gasteiger partial charge in [-0.3, -0.25) is 0 Å². The number of aromatic carboxylic acids is 1. The molecule has 0 atom stereocenters. The van der Waals surface area contributed by atoms with Gasteiger partial charge < -0.3 is 9.84 Å². The first-order chi connectivity index (χ1) is 10.2. The second kappa shape index (κ2) is 6.07. The number of hydrogen-bond acceptors (Lipinski definition) is 5. The second-order valence-corrected chi connectivity index (χ2v) is 6.02. The Balaban J connectivity index is 1.66. The van der Waals surface area contributed by atoms with Crippen LogP contribution in [0.1, 0.15) is 15.4 Å². The van der Waals surface area contributed by atoms with Gasteiger partial charge in [0.2, 0.25) is 0 Å². The van der Waals surface area contributed by atoms with Crippen molar-refractivity contribution in [2.24, 2.45) is 0 Å². The van der Waals surface area contributed by atoms with Crippen LogP contribution >= 0.6 is 22.7 Å². The first-order valence-electron chi connectivity index (χ1n) is 6.17. The summed E-state index contributed by atoms with van der Waals surface area (Å²) < 4.78 is 5.56. The van der Waals surface area contributed by atoms with Gasteiger partial charge in [-0.2, -0.15) is 0 Å². The zero-order chi connectivity index (χ0) is 14.7. The number of ether oxygens (including phenoxy) is 1. The average Bonchev–Trinajstić information content (AvgIpc) is 3.15. The Hall–Kier alpha value is -2.18. The van der Waals surface area contributed by atoms with Crippen molar-refractivity contribution in [1.29, 1.82) is 0 Å². The van der Waals surface area contributed by atoms with Gasteiger partial charge in [-0.25, -0.2) is 9.78 Å². The fraction of sp³-hybridized carbons (Fsp3) is 0.0667. The van der Waals surface area contributed by atoms with E-state index in [9.17, 15) is 4.79 Å². The molecular weight excluding hydrogens is 306 g/mol. The number of rotatable bonds is 5. The minimum atomic E-state index is -0.935. The SMILES string of the molecule is O=C(O)c1cc(OCc2csc(-c3ccccc3)n2)cs1. The highest BCUT2D eigenvalue weighted by Gasteiger charge is 2.09. The highest BCUT2D eigenvalue weighted by Crippen LogP contribution is 2.25. The van der Waals surface area contributed by atoms with Gasteiger partial charge in [-0.05, 0) is 0 Å². The summed E-state index contributed by atoms with van der Waals surface area (Å²) in [5.74, 6) is -0.374. The van der Waals surface area contributed by atoms with Crippen molar-refractivity contribution in [2.75, 3.05) is 0 Å². The van der Waals surface area contributed by atoms with Gasteiger partial charge in [-0.1, -0.05) is 30.3 Å². The van der Waals surface area contributed by atoms with E-state index in [0.717, 1.165) is 27.6 Å². The molecular formula is C15H11NO3S2. The minimum absolute atomic E-state index is 0.272. The van der Waals surface area contributed by atoms with Gasteiger partial charge in [0.1, 0.15) is 22.2 Å². The van der Waals surface area contributed by atoms with Crippen molar-refractivity contribution in [1.82, 2.24) is 4.98 Å². The lowest BCUT2D eigenvalue weighted by atomic mass is 10.2. The smallest absolute Gasteiger partial charge is 0.346 e. The third-order valence-corrected chi connectivity index (χ3v) is 4.58. The molecule has 0 bridgehead atoms. The van der Waals surface area contributed by atoms with Gasteiger partial charge in [0.25, 0.3) is 0 Å². The maximum Gasteiger partial charge on any atom is 0.346 e. The van der Waals surface area contributed by atoms with Crippen molar-refractivity contribution in [3.05, 3.63) is 57.7 Å². The Morgan fingerprint density at radius 2 is 2.00 bits per heavy atom. The lowest BCUT2D eigenvalue weighted by Crippen LogP contribution is -1.95. The number of carbonyl (C=O) groups is 1. The van der Waals surface area contributed by atoms with Gasteiger partial charge in [0, 0.05) is 22.4 Å². The molecule has 0 unspecified atom stereocenters. The van der Waals surface area contributed by atoms with Crippen LogP contribution in [0.5, 0.6) is 5.75 Å². The van der Waals surface area contributed by atoms with Crippen LogP contribution in [0, 0.1) is 0 Å². The molecule has 106 valence electrons. The van der Waals surface area contributed by atoms with Crippen molar-refractivity contribution < 1.29 is 14.6 Å². The van der Waals surface area contributed by atoms with Crippen LogP contribution in [0.4, 0.5) is 0 Å². The molecule has 4 nitrogen and oxygen atoms in total. The van der Waals surface area contributed by atoms with E-state index in [1.54, 1.807) is 16.7 Å². The summed E-state index contributed by atoms with van der Waals surface area (Å²) in [4.78, 5) is 15.6. The molecule has 0 radical (unpaired) electrons. The predicted octanol–water partition coefficient (Wildman–Crippen LogP) is 4.15. The number of aromatic nitrogens is 1. The Kier molecular flexibility index (Phi) is 3.98. The molecule has 1 N–H and O–H groups in total. The summed E-state index contributed by atoms with van der Waals surface area (Å²) >= 11 is 2.72. The molecule has 0 saturated carbocycles. The summed E-state index contributed by atoms with van der Waals surface area (Å²) in [6.45, 7) is 0.332. The quantitative estimate of drug-likeness (QED) is 0.768. The Bertz CT molecular complexity index is 749. The summed E-state index contributed by atoms with van der Waals surface area (Å²) in [5.41, 5.74) is 1.92. The van der Waals surface area contributed by atoms with E-state index in [1.165, 1.54) is 6.07 Å². The Morgan fingerprint density at radius 3 is 2.71 bits per heavy atom. The van der Waals surface area contributed by atoms with Crippen LogP contribution in [0.2, 0.25) is 0 Å². The molecule has 6 heteroatoms. The van der Waals surface area contributed by atoms with Crippen molar-refractivity contribution >= 4 is 28.6 Å². The number of nitrogens with zero attached hydrogens (tertiary/aromatic N) is 1. The van der Waals surface area contributed by atoms with E-state index in [0.29, 0.717) is 12.4 Å². The normalized spacial score (nSPS) is 10.5. The highest BCUT2D eigenvalue weighted by atomic mass is 32.1. The topological polar surface area (TPSA) is 59.4 Å². The molecule has 21 heavy (non-hydrogen) atoms. The molecule has 3 aromatic rings. The van der Waals surface area contributed by atoms with E-state index in [4.69, 9.17) is 9.84 Å². The molecule has 0 saturated heterocycles. The number of thiophene rings is 1. The Morgan fingerprint density at radius 1 is 1.19 bits per heavy atom. The molecule has 0 spiro atoms. The van der Waals surface area contributed by atoms with Crippen LogP contribution in [-0.4, -0.2) is 16.1 Å². The molecule has 2 heterocycles. The zero-order valence-corrected chi connectivity index (χ0v) is 12.5. The third-order valence-electron chi connectivity index (χ3n) is 2.75. The van der Waals surface area contributed by atoms with Gasteiger partial charge in [0.05, 0.1) is 5.69 Å². The highest BCUT2D eigenvalue weighted by molar-refractivity contribution is 7.13. The van der Waals surface area contributed by atoms with E-state index >= 15 is 0 Å². The molecule has 0 fully saturated rings. The average molecular weight is 317 g/mol. The monoisotopic (exact) mass is 317 g/mol. The van der Waals surface area contributed by atoms with Gasteiger partial charge in [0.15, 0.2) is 0 Å². The standard InChI is InChI=1S/C15H11NO3S2/c17-15(18)13-6-12(9-20-13)19-7-11-8-21-14(16-11)10-4-2-1-3-5-10/h1-6,8-9H,7H2,(H,17,18). The number of hydrogen-bond donors (Lipinski definition) is 1. The lowest BCUT2D eigenvalue weighted by molar-refractivity contribution is 0.0702. The van der Waals surface area contributed by atoms with E-state index < -0.39 is 5.97 Å². The summed E-state index contributed by atoms with van der Waals surface area (Å²) in [7, 11) is 0. The van der Waals surface area contributed by atoms with Crippen molar-refractivity contribution in [3.8, 4) is 16.3 Å². The number of carboxylic acids is 1. The molecule has 2 aromatic heterocycles. The van der Waals surface area contributed by atoms with Crippen molar-refractivity contribution in [2.45, 2.75) is 6.61 Å². The molecule has 3 rings (SSSR count). The molecule has 0 amide bonds. The first kappa shape index (κ1) is 13.8. The third kappa shape index (κ3) is 3.29. The van der Waals surface area contributed by atoms with Gasteiger partial charge >= 0.3 is 5.97 Å². The van der Waals surface area contributed by atoms with Crippen LogP contribution in [0.3, 0.4) is 0 Å². The minimum Gasteiger partial charge on any atom is -0.486 e. The summed E-state index contributed by atoms with van der Waals surface area (Å²) in [6.07, 6.45) is 0. The summed E-state index contributed by atoms with van der Waals surface area (Å²) in [5, 5.41) is 13.4. The van der Waals surface area contributed by atoms with Crippen LogP contribution in [0.15, 0.2) is 47.2 Å². The number of carboxylic acid groups (broad SMARTS) is 1. The number of thiazole rings is 1. The van der Waals surface area contributed by atoms with E-state index in [1.807, 2.05) is 35.7 Å². The number of benzene rings is 1. The fourth-order valence-electron chi connectivity index (χ4n) is 1.75. The molecule has 0 aliphatic heterocycles. The zero-order valence-electron chi connectivity index (χ0n) is 10.9. The van der Waals surface area contributed by atoms with Crippen LogP contribution in [0.25, 0.3) is 10.6 Å². The van der Waals surface area contributed by atoms with Crippen molar-refractivity contribution in [3.63, 3.8) is 0 Å². The maximum absolute atomic E-state index is 10.8.